The second-order valence-electron chi connectivity index (χ2n) is 6.35. The fourth-order valence-electron chi connectivity index (χ4n) is 3.01. The molecule has 0 aromatic heterocycles. The second kappa shape index (κ2) is 8.33. The predicted molar refractivity (Wildman–Crippen MR) is 90.6 cm³/mol. The number of carbonyl (C=O) groups excluding carboxylic acids is 1. The first-order chi connectivity index (χ1) is 10.7. The first kappa shape index (κ1) is 17.0. The zero-order valence-electron chi connectivity index (χ0n) is 14.2. The van der Waals surface area contributed by atoms with E-state index in [-0.39, 0.29) is 0 Å². The Morgan fingerprint density at radius 2 is 2.09 bits per heavy atom. The molecule has 0 amide bonds. The Kier molecular flexibility index (Phi) is 6.44. The number of hydrogen-bond acceptors (Lipinski definition) is 3. The van der Waals surface area contributed by atoms with Crippen LogP contribution < -0.4 is 0 Å². The highest BCUT2D eigenvalue weighted by Gasteiger charge is 2.34. The number of rotatable bonds is 9. The Morgan fingerprint density at radius 1 is 1.32 bits per heavy atom. The van der Waals surface area contributed by atoms with Gasteiger partial charge in [0.25, 0.3) is 0 Å². The van der Waals surface area contributed by atoms with E-state index in [9.17, 15) is 4.79 Å². The molecular formula is C19H29NO2. The molecule has 122 valence electrons. The third-order valence-electron chi connectivity index (χ3n) is 4.63. The molecule has 0 aromatic carbocycles. The van der Waals surface area contributed by atoms with E-state index in [1.807, 2.05) is 6.08 Å². The van der Waals surface area contributed by atoms with Crippen molar-refractivity contribution in [1.82, 2.24) is 4.90 Å². The lowest BCUT2D eigenvalue weighted by atomic mass is 10.1. The van der Waals surface area contributed by atoms with Crippen LogP contribution in [-0.4, -0.2) is 37.4 Å². The van der Waals surface area contributed by atoms with Gasteiger partial charge in [-0.1, -0.05) is 32.9 Å². The summed E-state index contributed by atoms with van der Waals surface area (Å²) in [6, 6.07) is 0. The molecule has 0 aromatic rings. The van der Waals surface area contributed by atoms with E-state index < -0.39 is 0 Å². The predicted octanol–water partition coefficient (Wildman–Crippen LogP) is 3.73. The summed E-state index contributed by atoms with van der Waals surface area (Å²) < 4.78 is 5.91. The zero-order chi connectivity index (χ0) is 15.9. The van der Waals surface area contributed by atoms with E-state index in [1.165, 1.54) is 12.0 Å². The maximum atomic E-state index is 11.3. The summed E-state index contributed by atoms with van der Waals surface area (Å²) in [6.07, 6.45) is 10.4. The molecule has 2 rings (SSSR count). The van der Waals surface area contributed by atoms with Gasteiger partial charge < -0.3 is 9.64 Å². The normalized spacial score (nSPS) is 24.3. The smallest absolute Gasteiger partial charge is 0.150 e. The van der Waals surface area contributed by atoms with Crippen LogP contribution >= 0.6 is 0 Å². The summed E-state index contributed by atoms with van der Waals surface area (Å²) in [5.41, 5.74) is 2.13. The van der Waals surface area contributed by atoms with Gasteiger partial charge in [-0.15, -0.1) is 0 Å². The average Bonchev–Trinajstić information content (AvgIpc) is 3.27. The highest BCUT2D eigenvalue weighted by Crippen LogP contribution is 2.44. The quantitative estimate of drug-likeness (QED) is 0.608. The number of hydrogen-bond donors (Lipinski definition) is 0. The molecule has 0 radical (unpaired) electrons. The number of aldehydes is 1. The molecule has 0 unspecified atom stereocenters. The van der Waals surface area contributed by atoms with E-state index in [0.717, 1.165) is 49.6 Å². The van der Waals surface area contributed by atoms with Crippen molar-refractivity contribution in [2.75, 3.05) is 26.2 Å². The molecule has 0 aliphatic heterocycles. The fourth-order valence-corrected chi connectivity index (χ4v) is 3.01. The molecule has 0 heterocycles. The summed E-state index contributed by atoms with van der Waals surface area (Å²) in [6.45, 7) is 10.3. The van der Waals surface area contributed by atoms with Crippen LogP contribution in [0.15, 0.2) is 35.1 Å². The Hall–Kier alpha value is -1.35. The lowest BCUT2D eigenvalue weighted by molar-refractivity contribution is -0.105. The van der Waals surface area contributed by atoms with Crippen LogP contribution in [0.1, 0.15) is 40.0 Å². The van der Waals surface area contributed by atoms with Crippen molar-refractivity contribution in [1.29, 1.82) is 0 Å². The fraction of sp³-hybridized carbons (Fsp3) is 0.632. The van der Waals surface area contributed by atoms with Gasteiger partial charge in [-0.25, -0.2) is 0 Å². The maximum absolute atomic E-state index is 11.3. The standard InChI is InChI=1S/C19H29NO2/c1-4-10-20(5-2)11-12-22-19-9-8-16(18-13-15(18)3)6-7-17(19)14-21/h6,8-9,14-15,18H,4-5,7,10-13H2,1-3H3/t15-,18+/m1/s1. The third-order valence-corrected chi connectivity index (χ3v) is 4.63. The molecule has 0 bridgehead atoms. The molecule has 2 atom stereocenters. The van der Waals surface area contributed by atoms with Crippen molar-refractivity contribution in [3.8, 4) is 0 Å². The van der Waals surface area contributed by atoms with Crippen molar-refractivity contribution < 1.29 is 9.53 Å². The number of likely N-dealkylation sites (N-methyl/N-ethyl adjacent to an activating group) is 1. The highest BCUT2D eigenvalue weighted by molar-refractivity contribution is 5.76. The van der Waals surface area contributed by atoms with Crippen LogP contribution in [0.5, 0.6) is 0 Å². The van der Waals surface area contributed by atoms with Crippen molar-refractivity contribution in [3.63, 3.8) is 0 Å². The van der Waals surface area contributed by atoms with Gasteiger partial charge in [0, 0.05) is 12.1 Å². The van der Waals surface area contributed by atoms with Gasteiger partial charge in [0.05, 0.1) is 0 Å². The van der Waals surface area contributed by atoms with Crippen molar-refractivity contribution in [2.45, 2.75) is 40.0 Å². The Balaban J connectivity index is 1.90. The van der Waals surface area contributed by atoms with Gasteiger partial charge in [0.1, 0.15) is 18.7 Å². The minimum absolute atomic E-state index is 0.639. The van der Waals surface area contributed by atoms with Crippen LogP contribution in [0.4, 0.5) is 0 Å². The van der Waals surface area contributed by atoms with Crippen molar-refractivity contribution in [3.05, 3.63) is 35.1 Å². The van der Waals surface area contributed by atoms with Crippen molar-refractivity contribution >= 4 is 6.29 Å². The summed E-state index contributed by atoms with van der Waals surface area (Å²) in [4.78, 5) is 13.7. The number of nitrogens with zero attached hydrogens (tertiary/aromatic N) is 1. The SMILES string of the molecule is CCCN(CC)CCOC1=C(C=O)CC=C([C@H]2C[C@H]2C)C=C1. The van der Waals surface area contributed by atoms with Gasteiger partial charge in [-0.05, 0) is 55.8 Å². The van der Waals surface area contributed by atoms with Crippen LogP contribution in [0.3, 0.4) is 0 Å². The van der Waals surface area contributed by atoms with Crippen LogP contribution in [0, 0.1) is 11.8 Å². The Morgan fingerprint density at radius 3 is 2.68 bits per heavy atom. The van der Waals surface area contributed by atoms with E-state index in [4.69, 9.17) is 4.74 Å². The van der Waals surface area contributed by atoms with Gasteiger partial charge >= 0.3 is 0 Å². The van der Waals surface area contributed by atoms with E-state index in [1.54, 1.807) is 0 Å². The average molecular weight is 303 g/mol. The molecule has 2 aliphatic carbocycles. The Bertz CT molecular complexity index is 476. The lowest BCUT2D eigenvalue weighted by Crippen LogP contribution is -2.28. The monoisotopic (exact) mass is 303 g/mol. The molecule has 3 nitrogen and oxygen atoms in total. The molecular weight excluding hydrogens is 274 g/mol. The van der Waals surface area contributed by atoms with Crippen molar-refractivity contribution in [2.24, 2.45) is 11.8 Å². The summed E-state index contributed by atoms with van der Waals surface area (Å²) >= 11 is 0. The third kappa shape index (κ3) is 4.57. The van der Waals surface area contributed by atoms with E-state index in [2.05, 4.69) is 37.8 Å². The minimum atomic E-state index is 0.639. The summed E-state index contributed by atoms with van der Waals surface area (Å²) in [7, 11) is 0. The first-order valence-electron chi connectivity index (χ1n) is 8.61. The summed E-state index contributed by atoms with van der Waals surface area (Å²) in [5, 5.41) is 0. The molecule has 0 spiro atoms. The molecule has 0 N–H and O–H groups in total. The maximum Gasteiger partial charge on any atom is 0.150 e. The van der Waals surface area contributed by atoms with Gasteiger partial charge in [-0.3, -0.25) is 4.79 Å². The first-order valence-corrected chi connectivity index (χ1v) is 8.61. The van der Waals surface area contributed by atoms with Gasteiger partial charge in [-0.2, -0.15) is 0 Å². The number of allylic oxidation sites excluding steroid dienone is 5. The topological polar surface area (TPSA) is 29.5 Å². The van der Waals surface area contributed by atoms with E-state index in [0.29, 0.717) is 18.9 Å². The zero-order valence-corrected chi connectivity index (χ0v) is 14.2. The Labute approximate surface area is 134 Å². The number of carbonyl (C=O) groups is 1. The van der Waals surface area contributed by atoms with Crippen LogP contribution in [-0.2, 0) is 9.53 Å². The summed E-state index contributed by atoms with van der Waals surface area (Å²) in [5.74, 6) is 2.22. The molecule has 22 heavy (non-hydrogen) atoms. The molecule has 0 saturated heterocycles. The van der Waals surface area contributed by atoms with Crippen LogP contribution in [0.2, 0.25) is 0 Å². The molecule has 2 aliphatic rings. The van der Waals surface area contributed by atoms with Crippen LogP contribution in [0.25, 0.3) is 0 Å². The van der Waals surface area contributed by atoms with Gasteiger partial charge in [0.2, 0.25) is 0 Å². The molecule has 1 saturated carbocycles. The lowest BCUT2D eigenvalue weighted by Gasteiger charge is -2.20. The van der Waals surface area contributed by atoms with Gasteiger partial charge in [0.15, 0.2) is 0 Å². The molecule has 1 fully saturated rings. The minimum Gasteiger partial charge on any atom is -0.492 e. The highest BCUT2D eigenvalue weighted by atomic mass is 16.5. The number of ether oxygens (including phenoxy) is 1. The van der Waals surface area contributed by atoms with E-state index >= 15 is 0 Å². The second-order valence-corrected chi connectivity index (χ2v) is 6.35. The molecule has 3 heteroatoms. The largest absolute Gasteiger partial charge is 0.492 e.